The molecule has 0 aliphatic rings. The molecule has 1 aromatic heterocycles. The number of hydrogen-bond donors (Lipinski definition) is 2. The van der Waals surface area contributed by atoms with E-state index in [0.29, 0.717) is 25.6 Å². The first kappa shape index (κ1) is 19.2. The predicted octanol–water partition coefficient (Wildman–Crippen LogP) is 3.67. The van der Waals surface area contributed by atoms with Crippen LogP contribution in [0.2, 0.25) is 0 Å². The fraction of sp³-hybridized carbons (Fsp3) is 0.182. The van der Waals surface area contributed by atoms with Crippen LogP contribution in [-0.2, 0) is 19.7 Å². The molecule has 0 bridgehead atoms. The molecule has 3 aromatic rings. The number of hydrogen-bond acceptors (Lipinski definition) is 4. The second-order valence-corrected chi connectivity index (χ2v) is 6.17. The number of carbonyl (C=O) groups excluding carboxylic acids is 1. The number of urea groups is 1. The molecule has 2 aromatic carbocycles. The summed E-state index contributed by atoms with van der Waals surface area (Å²) in [5.74, 6) is 1.38. The molecule has 0 aliphatic carbocycles. The van der Waals surface area contributed by atoms with Gasteiger partial charge in [0.25, 0.3) is 0 Å². The van der Waals surface area contributed by atoms with Crippen molar-refractivity contribution >= 4 is 6.03 Å². The summed E-state index contributed by atoms with van der Waals surface area (Å²) in [5.41, 5.74) is 2.96. The Labute approximate surface area is 164 Å². The number of rotatable bonds is 8. The second kappa shape index (κ2) is 9.97. The van der Waals surface area contributed by atoms with Crippen LogP contribution in [0.3, 0.4) is 0 Å². The number of aromatic nitrogens is 1. The number of methoxy groups -OCH3 is 1. The van der Waals surface area contributed by atoms with Crippen molar-refractivity contribution in [3.8, 4) is 11.6 Å². The number of nitrogens with one attached hydrogen (secondary N) is 2. The zero-order valence-corrected chi connectivity index (χ0v) is 15.7. The maximum absolute atomic E-state index is 12.0. The lowest BCUT2D eigenvalue weighted by molar-refractivity contribution is 0.240. The van der Waals surface area contributed by atoms with Crippen LogP contribution in [0.25, 0.3) is 0 Å². The second-order valence-electron chi connectivity index (χ2n) is 6.17. The molecule has 0 aliphatic heterocycles. The van der Waals surface area contributed by atoms with E-state index in [9.17, 15) is 4.79 Å². The molecule has 0 radical (unpaired) electrons. The summed E-state index contributed by atoms with van der Waals surface area (Å²) in [5, 5.41) is 5.67. The van der Waals surface area contributed by atoms with Crippen molar-refractivity contribution in [2.45, 2.75) is 19.7 Å². The van der Waals surface area contributed by atoms with E-state index in [-0.39, 0.29) is 6.03 Å². The number of nitrogens with zero attached hydrogens (tertiary/aromatic N) is 1. The fourth-order valence-electron chi connectivity index (χ4n) is 2.58. The maximum atomic E-state index is 12.0. The van der Waals surface area contributed by atoms with Gasteiger partial charge in [0, 0.05) is 25.4 Å². The summed E-state index contributed by atoms with van der Waals surface area (Å²) in [6.45, 7) is 1.31. The third-order valence-corrected chi connectivity index (χ3v) is 4.05. The van der Waals surface area contributed by atoms with E-state index in [1.54, 1.807) is 19.4 Å². The third-order valence-electron chi connectivity index (χ3n) is 4.05. The fourth-order valence-corrected chi connectivity index (χ4v) is 2.58. The first-order valence-corrected chi connectivity index (χ1v) is 8.99. The summed E-state index contributed by atoms with van der Waals surface area (Å²) < 4.78 is 10.8. The van der Waals surface area contributed by atoms with Crippen molar-refractivity contribution in [2.75, 3.05) is 7.11 Å². The normalized spacial score (nSPS) is 10.2. The monoisotopic (exact) mass is 377 g/mol. The smallest absolute Gasteiger partial charge is 0.315 e. The lowest BCUT2D eigenvalue weighted by Crippen LogP contribution is -2.34. The highest BCUT2D eigenvalue weighted by Crippen LogP contribution is 2.13. The molecule has 0 fully saturated rings. The van der Waals surface area contributed by atoms with Gasteiger partial charge in [-0.1, -0.05) is 48.5 Å². The quantitative estimate of drug-likeness (QED) is 0.628. The molecule has 0 saturated heterocycles. The van der Waals surface area contributed by atoms with E-state index in [1.165, 1.54) is 0 Å². The van der Waals surface area contributed by atoms with Crippen LogP contribution < -0.4 is 20.1 Å². The molecule has 0 saturated carbocycles. The lowest BCUT2D eigenvalue weighted by atomic mass is 10.1. The van der Waals surface area contributed by atoms with Gasteiger partial charge in [0.15, 0.2) is 0 Å². The summed E-state index contributed by atoms with van der Waals surface area (Å²) in [6.07, 6.45) is 1.68. The minimum atomic E-state index is -0.234. The van der Waals surface area contributed by atoms with Gasteiger partial charge < -0.3 is 20.1 Å². The standard InChI is InChI=1S/C22H23N3O3/c1-27-21-11-10-19(14-23-21)15-25-22(26)24-13-17-6-5-7-18(12-17)16-28-20-8-3-2-4-9-20/h2-12,14H,13,15-16H2,1H3,(H2,24,25,26). The van der Waals surface area contributed by atoms with E-state index >= 15 is 0 Å². The van der Waals surface area contributed by atoms with Crippen LogP contribution in [0.1, 0.15) is 16.7 Å². The van der Waals surface area contributed by atoms with Gasteiger partial charge in [-0.15, -0.1) is 0 Å². The topological polar surface area (TPSA) is 72.5 Å². The number of benzene rings is 2. The average Bonchev–Trinajstić information content (AvgIpc) is 2.76. The first-order chi connectivity index (χ1) is 13.7. The number of para-hydroxylation sites is 1. The van der Waals surface area contributed by atoms with Crippen molar-refractivity contribution in [3.63, 3.8) is 0 Å². The maximum Gasteiger partial charge on any atom is 0.315 e. The minimum absolute atomic E-state index is 0.234. The van der Waals surface area contributed by atoms with Crippen molar-refractivity contribution < 1.29 is 14.3 Å². The van der Waals surface area contributed by atoms with Gasteiger partial charge in [0.05, 0.1) is 7.11 Å². The molecule has 2 N–H and O–H groups in total. The molecule has 6 nitrogen and oxygen atoms in total. The molecule has 6 heteroatoms. The third kappa shape index (κ3) is 6.02. The van der Waals surface area contributed by atoms with Crippen LogP contribution in [0.15, 0.2) is 72.9 Å². The van der Waals surface area contributed by atoms with E-state index in [0.717, 1.165) is 22.4 Å². The van der Waals surface area contributed by atoms with Gasteiger partial charge in [-0.05, 0) is 28.8 Å². The summed E-state index contributed by atoms with van der Waals surface area (Å²) in [6, 6.07) is 21.0. The van der Waals surface area contributed by atoms with Crippen molar-refractivity contribution in [3.05, 3.63) is 89.6 Å². The Morgan fingerprint density at radius 3 is 2.36 bits per heavy atom. The Hall–Kier alpha value is -3.54. The zero-order valence-electron chi connectivity index (χ0n) is 15.7. The van der Waals surface area contributed by atoms with E-state index in [1.807, 2.05) is 60.7 Å². The van der Waals surface area contributed by atoms with E-state index in [2.05, 4.69) is 15.6 Å². The van der Waals surface area contributed by atoms with Crippen LogP contribution in [0.5, 0.6) is 11.6 Å². The largest absolute Gasteiger partial charge is 0.489 e. The van der Waals surface area contributed by atoms with Crippen LogP contribution in [0.4, 0.5) is 4.79 Å². The van der Waals surface area contributed by atoms with Crippen LogP contribution in [-0.4, -0.2) is 18.1 Å². The summed E-state index contributed by atoms with van der Waals surface area (Å²) in [7, 11) is 1.57. The predicted molar refractivity (Wildman–Crippen MR) is 107 cm³/mol. The highest BCUT2D eigenvalue weighted by atomic mass is 16.5. The Balaban J connectivity index is 1.43. The van der Waals surface area contributed by atoms with E-state index in [4.69, 9.17) is 9.47 Å². The molecule has 144 valence electrons. The van der Waals surface area contributed by atoms with Gasteiger partial charge in [0.1, 0.15) is 12.4 Å². The highest BCUT2D eigenvalue weighted by Gasteiger charge is 2.03. The summed E-state index contributed by atoms with van der Waals surface area (Å²) in [4.78, 5) is 16.1. The molecule has 3 rings (SSSR count). The van der Waals surface area contributed by atoms with E-state index < -0.39 is 0 Å². The number of amides is 2. The lowest BCUT2D eigenvalue weighted by Gasteiger charge is -2.10. The molecule has 0 unspecified atom stereocenters. The minimum Gasteiger partial charge on any atom is -0.489 e. The zero-order chi connectivity index (χ0) is 19.6. The van der Waals surface area contributed by atoms with Crippen molar-refractivity contribution in [1.29, 1.82) is 0 Å². The molecule has 2 amide bonds. The molecular weight excluding hydrogens is 354 g/mol. The Morgan fingerprint density at radius 1 is 0.893 bits per heavy atom. The SMILES string of the molecule is COc1ccc(CNC(=O)NCc2cccc(COc3ccccc3)c2)cn1. The van der Waals surface area contributed by atoms with Gasteiger partial charge in [-0.25, -0.2) is 9.78 Å². The van der Waals surface area contributed by atoms with Crippen molar-refractivity contribution in [1.82, 2.24) is 15.6 Å². The highest BCUT2D eigenvalue weighted by molar-refractivity contribution is 5.73. The number of pyridine rings is 1. The first-order valence-electron chi connectivity index (χ1n) is 8.99. The Morgan fingerprint density at radius 2 is 1.64 bits per heavy atom. The molecular formula is C22H23N3O3. The number of ether oxygens (including phenoxy) is 2. The van der Waals surface area contributed by atoms with Gasteiger partial charge in [-0.2, -0.15) is 0 Å². The average molecular weight is 377 g/mol. The summed E-state index contributed by atoms with van der Waals surface area (Å²) >= 11 is 0. The Kier molecular flexibility index (Phi) is 6.84. The molecule has 28 heavy (non-hydrogen) atoms. The van der Waals surface area contributed by atoms with Crippen LogP contribution in [0, 0.1) is 0 Å². The molecule has 0 atom stereocenters. The van der Waals surface area contributed by atoms with Gasteiger partial charge in [-0.3, -0.25) is 0 Å². The number of carbonyl (C=O) groups is 1. The molecule has 0 spiro atoms. The Bertz CT molecular complexity index is 883. The molecule has 1 heterocycles. The van der Waals surface area contributed by atoms with Crippen LogP contribution >= 0.6 is 0 Å². The van der Waals surface area contributed by atoms with Gasteiger partial charge >= 0.3 is 6.03 Å². The van der Waals surface area contributed by atoms with Crippen molar-refractivity contribution in [2.24, 2.45) is 0 Å². The van der Waals surface area contributed by atoms with Gasteiger partial charge in [0.2, 0.25) is 5.88 Å².